The van der Waals surface area contributed by atoms with Crippen LogP contribution in [0.2, 0.25) is 0 Å². The summed E-state index contributed by atoms with van der Waals surface area (Å²) in [6, 6.07) is 10.3. The molecule has 0 amide bonds. The molecule has 0 fully saturated rings. The molecular formula is C14H18N2S. The second-order valence-electron chi connectivity index (χ2n) is 4.79. The lowest BCUT2D eigenvalue weighted by molar-refractivity contribution is 0.474. The average molecular weight is 246 g/mol. The van der Waals surface area contributed by atoms with Crippen molar-refractivity contribution in [1.82, 2.24) is 10.3 Å². The fourth-order valence-electron chi connectivity index (χ4n) is 1.76. The molecule has 17 heavy (non-hydrogen) atoms. The van der Waals surface area contributed by atoms with E-state index in [9.17, 15) is 0 Å². The minimum Gasteiger partial charge on any atom is -0.310 e. The van der Waals surface area contributed by atoms with Gasteiger partial charge >= 0.3 is 0 Å². The fourth-order valence-corrected chi connectivity index (χ4v) is 2.61. The lowest BCUT2D eigenvalue weighted by Gasteiger charge is -2.23. The van der Waals surface area contributed by atoms with Gasteiger partial charge in [0.2, 0.25) is 0 Å². The largest absolute Gasteiger partial charge is 0.310 e. The maximum Gasteiger partial charge on any atom is 0.0541 e. The molecule has 0 aliphatic rings. The first kappa shape index (κ1) is 12.3. The fraction of sp³-hybridized carbons (Fsp3) is 0.357. The van der Waals surface area contributed by atoms with E-state index in [0.717, 1.165) is 18.8 Å². The number of aromatic nitrogens is 1. The Morgan fingerprint density at radius 3 is 2.76 bits per heavy atom. The number of pyridine rings is 1. The van der Waals surface area contributed by atoms with Crippen molar-refractivity contribution in [2.24, 2.45) is 0 Å². The molecule has 2 heterocycles. The highest BCUT2D eigenvalue weighted by Gasteiger charge is 2.20. The van der Waals surface area contributed by atoms with E-state index in [1.165, 1.54) is 4.88 Å². The molecule has 2 aromatic heterocycles. The third-order valence-corrected chi connectivity index (χ3v) is 4.02. The van der Waals surface area contributed by atoms with Gasteiger partial charge < -0.3 is 5.32 Å². The van der Waals surface area contributed by atoms with Crippen LogP contribution in [0.5, 0.6) is 0 Å². The van der Waals surface area contributed by atoms with Crippen molar-refractivity contribution < 1.29 is 0 Å². The molecule has 0 saturated heterocycles. The Kier molecular flexibility index (Phi) is 3.92. The zero-order valence-electron chi connectivity index (χ0n) is 10.3. The van der Waals surface area contributed by atoms with Crippen molar-refractivity contribution in [3.63, 3.8) is 0 Å². The molecule has 0 unspecified atom stereocenters. The summed E-state index contributed by atoms with van der Waals surface area (Å²) >= 11 is 1.82. The van der Waals surface area contributed by atoms with Crippen LogP contribution >= 0.6 is 11.3 Å². The highest BCUT2D eigenvalue weighted by Crippen LogP contribution is 2.26. The number of thiophene rings is 1. The van der Waals surface area contributed by atoms with E-state index in [1.807, 2.05) is 35.7 Å². The predicted molar refractivity (Wildman–Crippen MR) is 73.3 cm³/mol. The van der Waals surface area contributed by atoms with Crippen LogP contribution in [0.3, 0.4) is 0 Å². The smallest absolute Gasteiger partial charge is 0.0541 e. The molecule has 2 nitrogen and oxygen atoms in total. The van der Waals surface area contributed by atoms with Crippen molar-refractivity contribution in [3.8, 4) is 0 Å². The van der Waals surface area contributed by atoms with Crippen LogP contribution in [0.1, 0.15) is 24.4 Å². The molecule has 3 heteroatoms. The molecule has 0 aromatic carbocycles. The number of rotatable bonds is 5. The quantitative estimate of drug-likeness (QED) is 0.876. The van der Waals surface area contributed by atoms with Crippen LogP contribution in [0.25, 0.3) is 0 Å². The summed E-state index contributed by atoms with van der Waals surface area (Å²) in [5, 5.41) is 5.61. The maximum atomic E-state index is 4.30. The first-order chi connectivity index (χ1) is 8.18. The van der Waals surface area contributed by atoms with Gasteiger partial charge in [0.15, 0.2) is 0 Å². The second kappa shape index (κ2) is 5.43. The molecule has 0 bridgehead atoms. The Morgan fingerprint density at radius 1 is 1.24 bits per heavy atom. The van der Waals surface area contributed by atoms with Gasteiger partial charge in [0.05, 0.1) is 5.69 Å². The van der Waals surface area contributed by atoms with E-state index < -0.39 is 0 Å². The van der Waals surface area contributed by atoms with Crippen LogP contribution in [0.15, 0.2) is 41.9 Å². The Hall–Kier alpha value is -1.19. The standard InChI is InChI=1S/C14H18N2S/c1-14(2,13-7-5-9-17-13)11-15-10-12-6-3-4-8-16-12/h3-9,15H,10-11H2,1-2H3. The zero-order valence-corrected chi connectivity index (χ0v) is 11.1. The van der Waals surface area contributed by atoms with E-state index in [2.05, 4.69) is 41.7 Å². The van der Waals surface area contributed by atoms with Crippen LogP contribution in [0.4, 0.5) is 0 Å². The lowest BCUT2D eigenvalue weighted by Crippen LogP contribution is -2.32. The Bertz CT molecular complexity index is 435. The van der Waals surface area contributed by atoms with Gasteiger partial charge in [-0.25, -0.2) is 0 Å². The number of nitrogens with zero attached hydrogens (tertiary/aromatic N) is 1. The number of hydrogen-bond donors (Lipinski definition) is 1. The molecule has 0 spiro atoms. The lowest BCUT2D eigenvalue weighted by atomic mass is 9.91. The zero-order chi connectivity index (χ0) is 12.1. The summed E-state index contributed by atoms with van der Waals surface area (Å²) in [6.07, 6.45) is 1.83. The van der Waals surface area contributed by atoms with Gasteiger partial charge in [0, 0.05) is 29.6 Å². The molecular weight excluding hydrogens is 228 g/mol. The van der Waals surface area contributed by atoms with Crippen LogP contribution < -0.4 is 5.32 Å². The van der Waals surface area contributed by atoms with E-state index in [1.54, 1.807) is 0 Å². The minimum absolute atomic E-state index is 0.183. The highest BCUT2D eigenvalue weighted by atomic mass is 32.1. The van der Waals surface area contributed by atoms with Crippen LogP contribution in [-0.2, 0) is 12.0 Å². The van der Waals surface area contributed by atoms with Gasteiger partial charge in [-0.05, 0) is 23.6 Å². The summed E-state index contributed by atoms with van der Waals surface area (Å²) in [5.41, 5.74) is 1.28. The minimum atomic E-state index is 0.183. The second-order valence-corrected chi connectivity index (χ2v) is 5.73. The Balaban J connectivity index is 1.86. The van der Waals surface area contributed by atoms with Crippen molar-refractivity contribution >= 4 is 11.3 Å². The van der Waals surface area contributed by atoms with Crippen LogP contribution in [-0.4, -0.2) is 11.5 Å². The molecule has 0 radical (unpaired) electrons. The van der Waals surface area contributed by atoms with Gasteiger partial charge in [-0.3, -0.25) is 4.98 Å². The summed E-state index contributed by atoms with van der Waals surface area (Å²) in [5.74, 6) is 0. The van der Waals surface area contributed by atoms with E-state index in [-0.39, 0.29) is 5.41 Å². The molecule has 2 rings (SSSR count). The first-order valence-electron chi connectivity index (χ1n) is 5.83. The molecule has 2 aromatic rings. The summed E-state index contributed by atoms with van der Waals surface area (Å²) in [4.78, 5) is 5.72. The van der Waals surface area contributed by atoms with E-state index in [0.29, 0.717) is 0 Å². The van der Waals surface area contributed by atoms with Gasteiger partial charge in [-0.2, -0.15) is 0 Å². The van der Waals surface area contributed by atoms with E-state index >= 15 is 0 Å². The third-order valence-electron chi connectivity index (χ3n) is 2.79. The third kappa shape index (κ3) is 3.38. The van der Waals surface area contributed by atoms with Gasteiger partial charge in [0.25, 0.3) is 0 Å². The van der Waals surface area contributed by atoms with Crippen molar-refractivity contribution in [2.45, 2.75) is 25.8 Å². The molecule has 0 aliphatic carbocycles. The number of nitrogens with one attached hydrogen (secondary N) is 1. The molecule has 0 saturated carbocycles. The van der Waals surface area contributed by atoms with Crippen molar-refractivity contribution in [3.05, 3.63) is 52.5 Å². The maximum absolute atomic E-state index is 4.30. The SMILES string of the molecule is CC(C)(CNCc1ccccn1)c1cccs1. The van der Waals surface area contributed by atoms with Gasteiger partial charge in [0.1, 0.15) is 0 Å². The topological polar surface area (TPSA) is 24.9 Å². The molecule has 90 valence electrons. The van der Waals surface area contributed by atoms with E-state index in [4.69, 9.17) is 0 Å². The highest BCUT2D eigenvalue weighted by molar-refractivity contribution is 7.10. The van der Waals surface area contributed by atoms with Crippen LogP contribution in [0, 0.1) is 0 Å². The van der Waals surface area contributed by atoms with Gasteiger partial charge in [-0.15, -0.1) is 11.3 Å². The predicted octanol–water partition coefficient (Wildman–Crippen LogP) is 3.21. The van der Waals surface area contributed by atoms with Crippen molar-refractivity contribution in [1.29, 1.82) is 0 Å². The Labute approximate surface area is 107 Å². The summed E-state index contributed by atoms with van der Waals surface area (Å²) in [6.45, 7) is 6.33. The molecule has 0 atom stereocenters. The summed E-state index contributed by atoms with van der Waals surface area (Å²) < 4.78 is 0. The Morgan fingerprint density at radius 2 is 2.12 bits per heavy atom. The average Bonchev–Trinajstić information content (AvgIpc) is 2.84. The van der Waals surface area contributed by atoms with Crippen molar-refractivity contribution in [2.75, 3.05) is 6.54 Å². The molecule has 1 N–H and O–H groups in total. The normalized spacial score (nSPS) is 11.6. The first-order valence-corrected chi connectivity index (χ1v) is 6.71. The van der Waals surface area contributed by atoms with Gasteiger partial charge in [-0.1, -0.05) is 26.0 Å². The number of hydrogen-bond acceptors (Lipinski definition) is 3. The monoisotopic (exact) mass is 246 g/mol. The molecule has 0 aliphatic heterocycles. The summed E-state index contributed by atoms with van der Waals surface area (Å²) in [7, 11) is 0.